The average Bonchev–Trinajstić information content (AvgIpc) is 2.65. The summed E-state index contributed by atoms with van der Waals surface area (Å²) in [4.78, 5) is 26.1. The number of nitrogens with zero attached hydrogens (tertiary/aromatic N) is 2. The second-order valence-corrected chi connectivity index (χ2v) is 6.93. The van der Waals surface area contributed by atoms with Gasteiger partial charge in [0.15, 0.2) is 6.10 Å². The van der Waals surface area contributed by atoms with Crippen LogP contribution in [0.15, 0.2) is 30.3 Å². The summed E-state index contributed by atoms with van der Waals surface area (Å²) in [5.74, 6) is -0.916. The third-order valence-electron chi connectivity index (χ3n) is 4.96. The molecule has 26 heavy (non-hydrogen) atoms. The smallest absolute Gasteiger partial charge is 0.331 e. The highest BCUT2D eigenvalue weighted by Gasteiger charge is 2.40. The van der Waals surface area contributed by atoms with E-state index in [0.717, 1.165) is 30.4 Å². The van der Waals surface area contributed by atoms with E-state index in [9.17, 15) is 14.9 Å². The molecule has 0 N–H and O–H groups in total. The number of carbonyl (C=O) groups is 2. The molecular weight excluding hydrogens is 328 g/mol. The van der Waals surface area contributed by atoms with Gasteiger partial charge in [-0.25, -0.2) is 4.79 Å². The van der Waals surface area contributed by atoms with Gasteiger partial charge in [-0.2, -0.15) is 5.26 Å². The SMILES string of the molecule is Cc1cccc(/C=C/C(=O)O[C@H](C)C(=O)N(C)C2(C#N)CCCCC2)c1. The Labute approximate surface area is 155 Å². The normalized spacial score (nSPS) is 17.3. The first-order valence-corrected chi connectivity index (χ1v) is 9.02. The summed E-state index contributed by atoms with van der Waals surface area (Å²) in [7, 11) is 1.63. The summed E-state index contributed by atoms with van der Waals surface area (Å²) in [6.07, 6.45) is 6.32. The first-order valence-electron chi connectivity index (χ1n) is 9.02. The molecule has 1 aliphatic carbocycles. The Morgan fingerprint density at radius 3 is 2.62 bits per heavy atom. The zero-order valence-electron chi connectivity index (χ0n) is 15.7. The molecule has 0 aromatic heterocycles. The van der Waals surface area contributed by atoms with Gasteiger partial charge in [0, 0.05) is 13.1 Å². The molecule has 0 heterocycles. The number of ether oxygens (including phenoxy) is 1. The lowest BCUT2D eigenvalue weighted by Gasteiger charge is -2.39. The van der Waals surface area contributed by atoms with Crippen molar-refractivity contribution in [1.29, 1.82) is 5.26 Å². The van der Waals surface area contributed by atoms with Crippen molar-refractivity contribution in [1.82, 2.24) is 4.90 Å². The highest BCUT2D eigenvalue weighted by molar-refractivity contribution is 5.90. The van der Waals surface area contributed by atoms with Crippen molar-refractivity contribution in [3.8, 4) is 6.07 Å². The van der Waals surface area contributed by atoms with Crippen LogP contribution >= 0.6 is 0 Å². The Kier molecular flexibility index (Phi) is 6.57. The van der Waals surface area contributed by atoms with Gasteiger partial charge in [-0.1, -0.05) is 49.1 Å². The van der Waals surface area contributed by atoms with Crippen molar-refractivity contribution in [2.75, 3.05) is 7.05 Å². The van der Waals surface area contributed by atoms with E-state index < -0.39 is 17.6 Å². The molecule has 1 fully saturated rings. The first kappa shape index (κ1) is 19.7. The van der Waals surface area contributed by atoms with E-state index in [-0.39, 0.29) is 5.91 Å². The molecule has 0 unspecified atom stereocenters. The summed E-state index contributed by atoms with van der Waals surface area (Å²) in [6.45, 7) is 3.52. The van der Waals surface area contributed by atoms with Crippen molar-refractivity contribution in [3.05, 3.63) is 41.5 Å². The van der Waals surface area contributed by atoms with Gasteiger partial charge >= 0.3 is 5.97 Å². The number of nitriles is 1. The van der Waals surface area contributed by atoms with E-state index in [2.05, 4.69) is 6.07 Å². The Balaban J connectivity index is 1.97. The monoisotopic (exact) mass is 354 g/mol. The lowest BCUT2D eigenvalue weighted by atomic mass is 9.81. The maximum Gasteiger partial charge on any atom is 0.331 e. The molecule has 5 nitrogen and oxygen atoms in total. The fourth-order valence-electron chi connectivity index (χ4n) is 3.34. The van der Waals surface area contributed by atoms with Crippen molar-refractivity contribution in [3.63, 3.8) is 0 Å². The Bertz CT molecular complexity index is 727. The van der Waals surface area contributed by atoms with Crippen molar-refractivity contribution < 1.29 is 14.3 Å². The summed E-state index contributed by atoms with van der Waals surface area (Å²) >= 11 is 0. The molecule has 0 bridgehead atoms. The van der Waals surface area contributed by atoms with Gasteiger partial charge in [-0.3, -0.25) is 4.79 Å². The minimum Gasteiger partial charge on any atom is -0.449 e. The quantitative estimate of drug-likeness (QED) is 0.598. The fourth-order valence-corrected chi connectivity index (χ4v) is 3.34. The number of likely N-dealkylation sites (N-methyl/N-ethyl adjacent to an activating group) is 1. The van der Waals surface area contributed by atoms with Crippen molar-refractivity contribution in [2.45, 2.75) is 57.6 Å². The molecule has 1 aromatic carbocycles. The number of hydrogen-bond acceptors (Lipinski definition) is 4. The van der Waals surface area contributed by atoms with E-state index >= 15 is 0 Å². The van der Waals surface area contributed by atoms with Crippen LogP contribution in [0.4, 0.5) is 0 Å². The van der Waals surface area contributed by atoms with E-state index in [1.54, 1.807) is 20.0 Å². The molecule has 1 aromatic rings. The second-order valence-electron chi connectivity index (χ2n) is 6.93. The fraction of sp³-hybridized carbons (Fsp3) is 0.476. The summed E-state index contributed by atoms with van der Waals surface area (Å²) in [5, 5.41) is 9.59. The number of rotatable bonds is 5. The predicted molar refractivity (Wildman–Crippen MR) is 100.0 cm³/mol. The van der Waals surface area contributed by atoms with Crippen LogP contribution in [0.3, 0.4) is 0 Å². The Morgan fingerprint density at radius 1 is 1.31 bits per heavy atom. The molecule has 1 aliphatic rings. The van der Waals surface area contributed by atoms with Gasteiger partial charge in [0.25, 0.3) is 5.91 Å². The standard InChI is InChI=1S/C21H26N2O3/c1-16-8-7-9-18(14-16)10-11-19(24)26-17(2)20(25)23(3)21(15-22)12-5-4-6-13-21/h7-11,14,17H,4-6,12-13H2,1-3H3/b11-10+/t17-/m1/s1. The van der Waals surface area contributed by atoms with Gasteiger partial charge < -0.3 is 9.64 Å². The van der Waals surface area contributed by atoms with Crippen LogP contribution in [0.1, 0.15) is 50.2 Å². The highest BCUT2D eigenvalue weighted by Crippen LogP contribution is 2.32. The van der Waals surface area contributed by atoms with E-state index in [1.165, 1.54) is 11.0 Å². The summed E-state index contributed by atoms with van der Waals surface area (Å²) in [5.41, 5.74) is 1.21. The topological polar surface area (TPSA) is 70.4 Å². The van der Waals surface area contributed by atoms with Gasteiger partial charge in [-0.15, -0.1) is 0 Å². The zero-order chi connectivity index (χ0) is 19.2. The first-order chi connectivity index (χ1) is 12.4. The molecule has 1 amide bonds. The Morgan fingerprint density at radius 2 is 2.00 bits per heavy atom. The molecule has 138 valence electrons. The summed E-state index contributed by atoms with van der Waals surface area (Å²) in [6, 6.07) is 10.0. The maximum absolute atomic E-state index is 12.6. The number of aryl methyl sites for hydroxylation is 1. The van der Waals surface area contributed by atoms with Gasteiger partial charge in [-0.05, 0) is 38.3 Å². The molecular formula is C21H26N2O3. The third kappa shape index (κ3) is 4.72. The molecule has 2 rings (SSSR count). The Hall–Kier alpha value is -2.61. The summed E-state index contributed by atoms with van der Waals surface area (Å²) < 4.78 is 5.24. The highest BCUT2D eigenvalue weighted by atomic mass is 16.5. The zero-order valence-corrected chi connectivity index (χ0v) is 15.7. The van der Waals surface area contributed by atoms with Crippen LogP contribution in [0.2, 0.25) is 0 Å². The molecule has 0 radical (unpaired) electrons. The number of carbonyl (C=O) groups excluding carboxylic acids is 2. The molecule has 0 aliphatic heterocycles. The minimum atomic E-state index is -0.929. The van der Waals surface area contributed by atoms with Crippen LogP contribution < -0.4 is 0 Å². The lowest BCUT2D eigenvalue weighted by molar-refractivity contribution is -0.157. The number of esters is 1. The van der Waals surface area contributed by atoms with Crippen molar-refractivity contribution >= 4 is 18.0 Å². The molecule has 0 saturated heterocycles. The average molecular weight is 354 g/mol. The molecule has 5 heteroatoms. The molecule has 0 spiro atoms. The van der Waals surface area contributed by atoms with Crippen molar-refractivity contribution in [2.24, 2.45) is 0 Å². The third-order valence-corrected chi connectivity index (χ3v) is 4.96. The van der Waals surface area contributed by atoms with E-state index in [4.69, 9.17) is 4.74 Å². The van der Waals surface area contributed by atoms with Gasteiger partial charge in [0.2, 0.25) is 0 Å². The van der Waals surface area contributed by atoms with Crippen LogP contribution in [-0.2, 0) is 14.3 Å². The van der Waals surface area contributed by atoms with Crippen LogP contribution in [0.5, 0.6) is 0 Å². The second kappa shape index (κ2) is 8.66. The van der Waals surface area contributed by atoms with Crippen LogP contribution in [0, 0.1) is 18.3 Å². The number of hydrogen-bond donors (Lipinski definition) is 0. The van der Waals surface area contributed by atoms with E-state index in [0.29, 0.717) is 12.8 Å². The van der Waals surface area contributed by atoms with E-state index in [1.807, 2.05) is 31.2 Å². The van der Waals surface area contributed by atoms with Gasteiger partial charge in [0.05, 0.1) is 6.07 Å². The molecule has 1 saturated carbocycles. The van der Waals surface area contributed by atoms with Gasteiger partial charge in [0.1, 0.15) is 5.54 Å². The maximum atomic E-state index is 12.6. The van der Waals surface area contributed by atoms with Crippen LogP contribution in [-0.4, -0.2) is 35.5 Å². The largest absolute Gasteiger partial charge is 0.449 e. The number of benzene rings is 1. The molecule has 1 atom stereocenters. The predicted octanol–water partition coefficient (Wildman–Crippen LogP) is 3.62. The minimum absolute atomic E-state index is 0.342. The number of amides is 1. The van der Waals surface area contributed by atoms with Crippen LogP contribution in [0.25, 0.3) is 6.08 Å². The lowest BCUT2D eigenvalue weighted by Crippen LogP contribution is -2.53.